The number of hydrogen-bond donors (Lipinski definition) is 2. The molecule has 0 unspecified atom stereocenters. The SMILES string of the molecule is CCNC(=NCc1noc(C)n1)NCCCN(Cc1ccccc1)Cc1ccccc1.I. The van der Waals surface area contributed by atoms with Gasteiger partial charge >= 0.3 is 0 Å². The molecule has 172 valence electrons. The van der Waals surface area contributed by atoms with Crippen LogP contribution in [-0.2, 0) is 19.6 Å². The van der Waals surface area contributed by atoms with Crippen LogP contribution in [0.3, 0.4) is 0 Å². The van der Waals surface area contributed by atoms with E-state index in [1.807, 2.05) is 0 Å². The van der Waals surface area contributed by atoms with Crippen LogP contribution in [0.25, 0.3) is 0 Å². The second-order valence-corrected chi connectivity index (χ2v) is 7.39. The Balaban J connectivity index is 0.00000363. The number of nitrogens with zero attached hydrogens (tertiary/aromatic N) is 4. The molecule has 1 aromatic heterocycles. The van der Waals surface area contributed by atoms with E-state index in [0.717, 1.165) is 45.1 Å². The predicted molar refractivity (Wildman–Crippen MR) is 139 cm³/mol. The van der Waals surface area contributed by atoms with Crippen LogP contribution in [0.15, 0.2) is 70.2 Å². The molecule has 2 aromatic carbocycles. The highest BCUT2D eigenvalue weighted by Crippen LogP contribution is 2.10. The van der Waals surface area contributed by atoms with Crippen LogP contribution >= 0.6 is 24.0 Å². The largest absolute Gasteiger partial charge is 0.357 e. The Hall–Kier alpha value is -2.46. The summed E-state index contributed by atoms with van der Waals surface area (Å²) in [5.41, 5.74) is 2.66. The van der Waals surface area contributed by atoms with Crippen molar-refractivity contribution in [3.63, 3.8) is 0 Å². The van der Waals surface area contributed by atoms with Gasteiger partial charge < -0.3 is 15.2 Å². The summed E-state index contributed by atoms with van der Waals surface area (Å²) >= 11 is 0. The number of guanidine groups is 1. The van der Waals surface area contributed by atoms with Crippen molar-refractivity contribution in [3.05, 3.63) is 83.5 Å². The van der Waals surface area contributed by atoms with Crippen LogP contribution in [0.2, 0.25) is 0 Å². The summed E-state index contributed by atoms with van der Waals surface area (Å²) in [7, 11) is 0. The van der Waals surface area contributed by atoms with E-state index in [0.29, 0.717) is 18.3 Å². The summed E-state index contributed by atoms with van der Waals surface area (Å²) in [6.45, 7) is 8.70. The van der Waals surface area contributed by atoms with Gasteiger partial charge in [0.15, 0.2) is 11.8 Å². The minimum Gasteiger partial charge on any atom is -0.357 e. The van der Waals surface area contributed by atoms with Crippen molar-refractivity contribution in [1.82, 2.24) is 25.7 Å². The molecule has 0 saturated heterocycles. The number of benzene rings is 2. The van der Waals surface area contributed by atoms with Gasteiger partial charge in [-0.3, -0.25) is 4.90 Å². The Morgan fingerprint density at radius 2 is 1.59 bits per heavy atom. The predicted octanol–water partition coefficient (Wildman–Crippen LogP) is 4.14. The maximum Gasteiger partial charge on any atom is 0.223 e. The summed E-state index contributed by atoms with van der Waals surface area (Å²) in [6, 6.07) is 21.3. The van der Waals surface area contributed by atoms with Gasteiger partial charge in [-0.15, -0.1) is 24.0 Å². The van der Waals surface area contributed by atoms with Gasteiger partial charge in [-0.1, -0.05) is 65.8 Å². The molecule has 0 aliphatic carbocycles. The first kappa shape index (κ1) is 25.8. The lowest BCUT2D eigenvalue weighted by Gasteiger charge is -2.23. The molecule has 0 fully saturated rings. The smallest absolute Gasteiger partial charge is 0.223 e. The highest BCUT2D eigenvalue weighted by Gasteiger charge is 2.08. The molecule has 0 aliphatic heterocycles. The number of hydrogen-bond acceptors (Lipinski definition) is 5. The van der Waals surface area contributed by atoms with Crippen molar-refractivity contribution in [3.8, 4) is 0 Å². The van der Waals surface area contributed by atoms with Crippen molar-refractivity contribution < 1.29 is 4.52 Å². The molecule has 0 spiro atoms. The first-order chi connectivity index (χ1) is 15.2. The molecule has 32 heavy (non-hydrogen) atoms. The molecular formula is C24H33IN6O. The molecule has 0 atom stereocenters. The molecule has 1 heterocycles. The van der Waals surface area contributed by atoms with Gasteiger partial charge in [0.2, 0.25) is 5.89 Å². The fourth-order valence-electron chi connectivity index (χ4n) is 3.30. The van der Waals surface area contributed by atoms with E-state index in [4.69, 9.17) is 4.52 Å². The number of rotatable bonds is 11. The maximum atomic E-state index is 5.00. The zero-order chi connectivity index (χ0) is 21.7. The van der Waals surface area contributed by atoms with Crippen LogP contribution in [0.1, 0.15) is 36.2 Å². The lowest BCUT2D eigenvalue weighted by atomic mass is 10.1. The molecule has 3 aromatic rings. The molecule has 0 bridgehead atoms. The van der Waals surface area contributed by atoms with Gasteiger partial charge in [0.05, 0.1) is 0 Å². The molecule has 7 nitrogen and oxygen atoms in total. The van der Waals surface area contributed by atoms with Crippen LogP contribution in [-0.4, -0.2) is 40.6 Å². The van der Waals surface area contributed by atoms with Crippen LogP contribution in [0.5, 0.6) is 0 Å². The van der Waals surface area contributed by atoms with Gasteiger partial charge in [0.1, 0.15) is 6.54 Å². The van der Waals surface area contributed by atoms with Gasteiger partial charge in [-0.25, -0.2) is 4.99 Å². The zero-order valence-corrected chi connectivity index (χ0v) is 21.2. The number of aromatic nitrogens is 2. The van der Waals surface area contributed by atoms with E-state index >= 15 is 0 Å². The first-order valence-electron chi connectivity index (χ1n) is 10.8. The van der Waals surface area contributed by atoms with E-state index in [9.17, 15) is 0 Å². The molecule has 0 aliphatic rings. The Labute approximate surface area is 207 Å². The maximum absolute atomic E-state index is 5.00. The summed E-state index contributed by atoms with van der Waals surface area (Å²) in [5.74, 6) is 1.91. The second kappa shape index (κ2) is 14.6. The quantitative estimate of drug-likeness (QED) is 0.162. The van der Waals surface area contributed by atoms with Gasteiger partial charge in [-0.05, 0) is 24.5 Å². The fraction of sp³-hybridized carbons (Fsp3) is 0.375. The Bertz CT molecular complexity index is 875. The Morgan fingerprint density at radius 3 is 2.12 bits per heavy atom. The van der Waals surface area contributed by atoms with E-state index < -0.39 is 0 Å². The van der Waals surface area contributed by atoms with Crippen LogP contribution < -0.4 is 10.6 Å². The monoisotopic (exact) mass is 548 g/mol. The molecule has 0 amide bonds. The van der Waals surface area contributed by atoms with Crippen molar-refractivity contribution in [2.45, 2.75) is 39.9 Å². The number of aryl methyl sites for hydroxylation is 1. The highest BCUT2D eigenvalue weighted by molar-refractivity contribution is 14.0. The second-order valence-electron chi connectivity index (χ2n) is 7.39. The molecular weight excluding hydrogens is 515 g/mol. The number of aliphatic imine (C=N–C) groups is 1. The third-order valence-electron chi connectivity index (χ3n) is 4.73. The lowest BCUT2D eigenvalue weighted by molar-refractivity contribution is 0.254. The topological polar surface area (TPSA) is 78.6 Å². The standard InChI is InChI=1S/C24H32N6O.HI/c1-3-25-24(27-17-23-28-20(2)31-29-23)26-15-10-16-30(18-21-11-6-4-7-12-21)19-22-13-8-5-9-14-22;/h4-9,11-14H,3,10,15-19H2,1-2H3,(H2,25,26,27);1H. The molecule has 2 N–H and O–H groups in total. The molecule has 0 saturated carbocycles. The van der Waals surface area contributed by atoms with Crippen molar-refractivity contribution >= 4 is 29.9 Å². The van der Waals surface area contributed by atoms with Crippen LogP contribution in [0.4, 0.5) is 0 Å². The normalized spacial score (nSPS) is 11.3. The summed E-state index contributed by atoms with van der Waals surface area (Å²) < 4.78 is 5.00. The molecule has 8 heteroatoms. The average molecular weight is 548 g/mol. The minimum absolute atomic E-state index is 0. The van der Waals surface area contributed by atoms with E-state index in [1.165, 1.54) is 11.1 Å². The van der Waals surface area contributed by atoms with E-state index in [2.05, 4.69) is 98.3 Å². The van der Waals surface area contributed by atoms with Crippen molar-refractivity contribution in [1.29, 1.82) is 0 Å². The number of halogens is 1. The van der Waals surface area contributed by atoms with Crippen LogP contribution in [0, 0.1) is 6.92 Å². The first-order valence-corrected chi connectivity index (χ1v) is 10.8. The van der Waals surface area contributed by atoms with Gasteiger partial charge in [0.25, 0.3) is 0 Å². The highest BCUT2D eigenvalue weighted by atomic mass is 127. The molecule has 3 rings (SSSR count). The van der Waals surface area contributed by atoms with Gasteiger partial charge in [-0.2, -0.15) is 4.98 Å². The van der Waals surface area contributed by atoms with E-state index in [1.54, 1.807) is 6.92 Å². The average Bonchev–Trinajstić information content (AvgIpc) is 3.21. The van der Waals surface area contributed by atoms with E-state index in [-0.39, 0.29) is 24.0 Å². The number of nitrogens with one attached hydrogen (secondary N) is 2. The summed E-state index contributed by atoms with van der Waals surface area (Å²) in [6.07, 6.45) is 1.01. The third kappa shape index (κ3) is 9.35. The van der Waals surface area contributed by atoms with Gasteiger partial charge in [0, 0.05) is 39.6 Å². The summed E-state index contributed by atoms with van der Waals surface area (Å²) in [4.78, 5) is 11.2. The third-order valence-corrected chi connectivity index (χ3v) is 4.73. The molecule has 0 radical (unpaired) electrons. The van der Waals surface area contributed by atoms with Crippen molar-refractivity contribution in [2.75, 3.05) is 19.6 Å². The lowest BCUT2D eigenvalue weighted by Crippen LogP contribution is -2.38. The van der Waals surface area contributed by atoms with Crippen molar-refractivity contribution in [2.24, 2.45) is 4.99 Å². The fourth-order valence-corrected chi connectivity index (χ4v) is 3.30. The zero-order valence-electron chi connectivity index (χ0n) is 18.8. The minimum atomic E-state index is 0. The summed E-state index contributed by atoms with van der Waals surface area (Å²) in [5, 5.41) is 10.6. The Kier molecular flexibility index (Phi) is 11.7. The Morgan fingerprint density at radius 1 is 0.969 bits per heavy atom.